The van der Waals surface area contributed by atoms with Gasteiger partial charge in [-0.3, -0.25) is 13.9 Å². The van der Waals surface area contributed by atoms with E-state index in [1.807, 2.05) is 6.92 Å². The zero-order valence-electron chi connectivity index (χ0n) is 17.5. The van der Waals surface area contributed by atoms with E-state index < -0.39 is 10.6 Å². The molecule has 8 heteroatoms. The fourth-order valence-electron chi connectivity index (χ4n) is 4.37. The normalized spacial score (nSPS) is 23.3. The van der Waals surface area contributed by atoms with E-state index >= 15 is 0 Å². The van der Waals surface area contributed by atoms with Gasteiger partial charge in [-0.1, -0.05) is 13.8 Å². The Labute approximate surface area is 178 Å². The molecule has 160 valence electrons. The summed E-state index contributed by atoms with van der Waals surface area (Å²) in [6.45, 7) is 7.40. The largest absolute Gasteiger partial charge is 0.339 e. The molecule has 2 fully saturated rings. The molecule has 0 bridgehead atoms. The molecule has 1 saturated carbocycles. The first-order chi connectivity index (χ1) is 13.6. The minimum Gasteiger partial charge on any atom is -0.339 e. The molecule has 1 aliphatic carbocycles. The highest BCUT2D eigenvalue weighted by Crippen LogP contribution is 2.45. The Balaban J connectivity index is 1.53. The number of rotatable bonds is 3. The van der Waals surface area contributed by atoms with E-state index in [9.17, 15) is 13.9 Å². The summed E-state index contributed by atoms with van der Waals surface area (Å²) in [5.41, 5.74) is 1.24. The van der Waals surface area contributed by atoms with Crippen molar-refractivity contribution in [2.45, 2.75) is 58.8 Å². The van der Waals surface area contributed by atoms with Gasteiger partial charge < -0.3 is 4.90 Å². The summed E-state index contributed by atoms with van der Waals surface area (Å²) in [4.78, 5) is 26.2. The third kappa shape index (κ3) is 4.76. The van der Waals surface area contributed by atoms with Crippen molar-refractivity contribution in [1.82, 2.24) is 14.9 Å². The Morgan fingerprint density at radius 1 is 1.24 bits per heavy atom. The minimum absolute atomic E-state index is 0.00599. The number of fused-ring (bicyclic) bond motifs is 1. The smallest absolute Gasteiger partial charge is 0.228 e. The van der Waals surface area contributed by atoms with Crippen molar-refractivity contribution in [1.29, 1.82) is 0 Å². The maximum absolute atomic E-state index is 12.8. The van der Waals surface area contributed by atoms with Crippen LogP contribution in [0.5, 0.6) is 0 Å². The van der Waals surface area contributed by atoms with Crippen molar-refractivity contribution in [3.8, 4) is 0 Å². The van der Waals surface area contributed by atoms with Crippen molar-refractivity contribution in [3.63, 3.8) is 0 Å². The van der Waals surface area contributed by atoms with Gasteiger partial charge in [0.25, 0.3) is 0 Å². The number of carbonyl (C=O) groups excluding carboxylic acids is 1. The second kappa shape index (κ2) is 7.80. The first-order valence-electron chi connectivity index (χ1n) is 10.4. The molecule has 0 radical (unpaired) electrons. The number of nitrogens with zero attached hydrogens (tertiary/aromatic N) is 3. The van der Waals surface area contributed by atoms with Crippen LogP contribution in [0.4, 0.5) is 0 Å². The van der Waals surface area contributed by atoms with Gasteiger partial charge in [0.2, 0.25) is 5.91 Å². The Hall–Kier alpha value is -1.22. The van der Waals surface area contributed by atoms with E-state index in [1.54, 1.807) is 16.2 Å². The Kier molecular flexibility index (Phi) is 5.65. The SMILES string of the molecule is Cc1nc(CC(=O)N2CCS(O)(O)CC2)c2cc(C3CCC(C)(C)CC3)sc2n1. The number of hydrogen-bond donors (Lipinski definition) is 2. The molecule has 0 atom stereocenters. The fraction of sp³-hybridized carbons (Fsp3) is 0.667. The summed E-state index contributed by atoms with van der Waals surface area (Å²) in [5, 5.41) is 1.01. The van der Waals surface area contributed by atoms with Crippen LogP contribution in [0.1, 0.15) is 61.8 Å². The Morgan fingerprint density at radius 2 is 1.90 bits per heavy atom. The highest BCUT2D eigenvalue weighted by molar-refractivity contribution is 8.24. The van der Waals surface area contributed by atoms with Crippen LogP contribution in [-0.2, 0) is 11.2 Å². The van der Waals surface area contributed by atoms with Crippen molar-refractivity contribution in [2.75, 3.05) is 24.6 Å². The molecule has 0 unspecified atom stereocenters. The van der Waals surface area contributed by atoms with Gasteiger partial charge in [0, 0.05) is 23.4 Å². The van der Waals surface area contributed by atoms with E-state index in [2.05, 4.69) is 29.9 Å². The lowest BCUT2D eigenvalue weighted by molar-refractivity contribution is -0.130. The van der Waals surface area contributed by atoms with Crippen LogP contribution in [0.3, 0.4) is 0 Å². The van der Waals surface area contributed by atoms with Crippen molar-refractivity contribution in [3.05, 3.63) is 22.5 Å². The molecule has 3 heterocycles. The average Bonchev–Trinajstić information content (AvgIpc) is 3.05. The maximum atomic E-state index is 12.8. The molecule has 1 saturated heterocycles. The summed E-state index contributed by atoms with van der Waals surface area (Å²) >= 11 is 1.76. The van der Waals surface area contributed by atoms with Crippen LogP contribution in [0.2, 0.25) is 0 Å². The number of amides is 1. The number of carbonyl (C=O) groups is 1. The Bertz CT molecular complexity index is 905. The summed E-state index contributed by atoms with van der Waals surface area (Å²) in [6, 6.07) is 2.22. The first kappa shape index (κ1) is 21.0. The summed E-state index contributed by atoms with van der Waals surface area (Å²) in [7, 11) is -2.50. The fourth-order valence-corrected chi connectivity index (χ4v) is 6.86. The number of aromatic nitrogens is 2. The maximum Gasteiger partial charge on any atom is 0.228 e. The minimum atomic E-state index is -2.50. The van der Waals surface area contributed by atoms with Gasteiger partial charge in [-0.2, -0.15) is 10.6 Å². The highest BCUT2D eigenvalue weighted by Gasteiger charge is 2.30. The van der Waals surface area contributed by atoms with Gasteiger partial charge >= 0.3 is 0 Å². The molecular weight excluding hydrogens is 406 g/mol. The lowest BCUT2D eigenvalue weighted by Crippen LogP contribution is -2.42. The highest BCUT2D eigenvalue weighted by atomic mass is 32.3. The molecule has 29 heavy (non-hydrogen) atoms. The summed E-state index contributed by atoms with van der Waals surface area (Å²) in [6.07, 6.45) is 5.15. The van der Waals surface area contributed by atoms with Crippen LogP contribution in [0, 0.1) is 12.3 Å². The lowest BCUT2D eigenvalue weighted by Gasteiger charge is -2.40. The predicted octanol–water partition coefficient (Wildman–Crippen LogP) is 4.82. The molecule has 0 aromatic carbocycles. The quantitative estimate of drug-likeness (QED) is 0.719. The third-order valence-corrected chi connectivity index (χ3v) is 9.26. The van der Waals surface area contributed by atoms with Gasteiger partial charge in [-0.05, 0) is 50.0 Å². The monoisotopic (exact) mass is 437 g/mol. The second-order valence-corrected chi connectivity index (χ2v) is 12.8. The van der Waals surface area contributed by atoms with E-state index in [4.69, 9.17) is 0 Å². The van der Waals surface area contributed by atoms with Gasteiger partial charge in [-0.15, -0.1) is 11.3 Å². The molecule has 6 nitrogen and oxygen atoms in total. The van der Waals surface area contributed by atoms with Crippen molar-refractivity contribution >= 4 is 38.1 Å². The molecule has 2 aliphatic rings. The first-order valence-corrected chi connectivity index (χ1v) is 13.1. The van der Waals surface area contributed by atoms with Crippen molar-refractivity contribution in [2.24, 2.45) is 5.41 Å². The molecule has 2 aromatic heterocycles. The molecule has 1 amide bonds. The lowest BCUT2D eigenvalue weighted by atomic mass is 9.73. The van der Waals surface area contributed by atoms with Gasteiger partial charge in [0.1, 0.15) is 10.7 Å². The van der Waals surface area contributed by atoms with Crippen LogP contribution in [0.25, 0.3) is 10.2 Å². The van der Waals surface area contributed by atoms with Crippen molar-refractivity contribution < 1.29 is 13.9 Å². The van der Waals surface area contributed by atoms with Crippen LogP contribution < -0.4 is 0 Å². The standard InChI is InChI=1S/C21H31N3O3S2/c1-14-22-17(13-19(25)24-8-10-29(26,27)11-9-24)16-12-18(28-20(16)23-14)15-4-6-21(2,3)7-5-15/h12,15,26-27H,4-11,13H2,1-3H3. The van der Waals surface area contributed by atoms with Gasteiger partial charge in [-0.25, -0.2) is 9.97 Å². The molecule has 4 rings (SSSR count). The summed E-state index contributed by atoms with van der Waals surface area (Å²) in [5.74, 6) is 1.84. The van der Waals surface area contributed by atoms with E-state index in [0.29, 0.717) is 30.2 Å². The molecule has 0 spiro atoms. The number of thiophene rings is 1. The summed E-state index contributed by atoms with van der Waals surface area (Å²) < 4.78 is 19.6. The Morgan fingerprint density at radius 3 is 2.55 bits per heavy atom. The third-order valence-electron chi connectivity index (χ3n) is 6.39. The van der Waals surface area contributed by atoms with Crippen LogP contribution in [0.15, 0.2) is 6.07 Å². The van der Waals surface area contributed by atoms with E-state index in [1.165, 1.54) is 30.6 Å². The molecule has 1 aliphatic heterocycles. The second-order valence-electron chi connectivity index (χ2n) is 9.29. The zero-order chi connectivity index (χ0) is 20.8. The number of hydrogen-bond acceptors (Lipinski definition) is 6. The van der Waals surface area contributed by atoms with Gasteiger partial charge in [0.05, 0.1) is 23.6 Å². The topological polar surface area (TPSA) is 86.6 Å². The molecule has 2 N–H and O–H groups in total. The van der Waals surface area contributed by atoms with Crippen LogP contribution in [-0.4, -0.2) is 54.5 Å². The van der Waals surface area contributed by atoms with E-state index in [0.717, 1.165) is 15.9 Å². The average molecular weight is 438 g/mol. The predicted molar refractivity (Wildman–Crippen MR) is 120 cm³/mol. The van der Waals surface area contributed by atoms with E-state index in [-0.39, 0.29) is 23.8 Å². The molecule has 2 aromatic rings. The van der Waals surface area contributed by atoms with Gasteiger partial charge in [0.15, 0.2) is 0 Å². The van der Waals surface area contributed by atoms with Crippen LogP contribution >= 0.6 is 21.9 Å². The zero-order valence-corrected chi connectivity index (χ0v) is 19.1. The number of aryl methyl sites for hydroxylation is 1. The molecular formula is C21H31N3O3S2.